The smallest absolute Gasteiger partial charge is 0.242 e. The highest BCUT2D eigenvalue weighted by molar-refractivity contribution is 7.89. The molecule has 0 radical (unpaired) electrons. The molecule has 6 heteroatoms. The summed E-state index contributed by atoms with van der Waals surface area (Å²) in [6.45, 7) is 3.65. The number of aliphatic hydroxyl groups is 1. The Morgan fingerprint density at radius 1 is 1.53 bits per heavy atom. The van der Waals surface area contributed by atoms with Gasteiger partial charge in [0.2, 0.25) is 10.0 Å². The molecule has 1 rings (SSSR count). The lowest BCUT2D eigenvalue weighted by Gasteiger charge is -2.28. The fourth-order valence-electron chi connectivity index (χ4n) is 1.57. The molecule has 0 aliphatic heterocycles. The summed E-state index contributed by atoms with van der Waals surface area (Å²) in [5, 5.41) is 8.97. The minimum atomic E-state index is -3.51. The van der Waals surface area contributed by atoms with Gasteiger partial charge in [-0.3, -0.25) is 0 Å². The molecule has 1 aromatic heterocycles. The third-order valence-electron chi connectivity index (χ3n) is 2.94. The summed E-state index contributed by atoms with van der Waals surface area (Å²) in [4.78, 5) is 0.248. The molecule has 0 aliphatic carbocycles. The second-order valence-electron chi connectivity index (χ2n) is 4.51. The third kappa shape index (κ3) is 3.55. The lowest BCUT2D eigenvalue weighted by atomic mass is 9.97. The molecule has 1 unspecified atom stereocenters. The maximum Gasteiger partial charge on any atom is 0.242 e. The molecule has 0 amide bonds. The van der Waals surface area contributed by atoms with Crippen LogP contribution in [0.2, 0.25) is 0 Å². The van der Waals surface area contributed by atoms with Crippen LogP contribution in [0.3, 0.4) is 0 Å². The fraction of sp³-hybridized carbons (Fsp3) is 0.636. The van der Waals surface area contributed by atoms with Gasteiger partial charge >= 0.3 is 0 Å². The number of rotatable bonds is 6. The second kappa shape index (κ2) is 5.20. The molecule has 1 atom stereocenters. The first-order valence-corrected chi connectivity index (χ1v) is 7.08. The third-order valence-corrected chi connectivity index (χ3v) is 4.56. The normalized spacial score (nSPS) is 15.8. The number of nitrogens with one attached hydrogen (secondary N) is 1. The van der Waals surface area contributed by atoms with Crippen molar-refractivity contribution in [2.24, 2.45) is 7.05 Å². The predicted octanol–water partition coefficient (Wildman–Crippen LogP) is 0.855. The van der Waals surface area contributed by atoms with Gasteiger partial charge < -0.3 is 9.67 Å². The molecule has 0 aromatic carbocycles. The molecule has 0 aliphatic rings. The van der Waals surface area contributed by atoms with Crippen LogP contribution in [-0.4, -0.2) is 30.2 Å². The van der Waals surface area contributed by atoms with Crippen LogP contribution in [0.15, 0.2) is 23.4 Å². The minimum absolute atomic E-state index is 0.0400. The molecule has 1 heterocycles. The molecule has 0 saturated carbocycles. The van der Waals surface area contributed by atoms with E-state index in [1.807, 2.05) is 6.92 Å². The summed E-state index contributed by atoms with van der Waals surface area (Å²) in [6, 6.07) is 1.55. The largest absolute Gasteiger partial charge is 0.396 e. The maximum atomic E-state index is 12.1. The van der Waals surface area contributed by atoms with Gasteiger partial charge in [0, 0.05) is 31.6 Å². The van der Waals surface area contributed by atoms with E-state index in [1.54, 1.807) is 37.0 Å². The minimum Gasteiger partial charge on any atom is -0.396 e. The molecule has 0 saturated heterocycles. The van der Waals surface area contributed by atoms with Crippen LogP contribution >= 0.6 is 0 Å². The van der Waals surface area contributed by atoms with Gasteiger partial charge in [-0.1, -0.05) is 6.92 Å². The van der Waals surface area contributed by atoms with Crippen molar-refractivity contribution in [2.45, 2.75) is 37.1 Å². The zero-order chi connectivity index (χ0) is 13.1. The quantitative estimate of drug-likeness (QED) is 0.796. The van der Waals surface area contributed by atoms with E-state index in [0.29, 0.717) is 12.8 Å². The van der Waals surface area contributed by atoms with Gasteiger partial charge in [-0.25, -0.2) is 13.1 Å². The number of sulfonamides is 1. The zero-order valence-corrected chi connectivity index (χ0v) is 11.3. The molecule has 5 nitrogen and oxygen atoms in total. The molecule has 0 fully saturated rings. The Morgan fingerprint density at radius 3 is 2.59 bits per heavy atom. The van der Waals surface area contributed by atoms with E-state index in [0.717, 1.165) is 0 Å². The molecular formula is C11H20N2O3S. The van der Waals surface area contributed by atoms with Crippen molar-refractivity contribution in [3.05, 3.63) is 18.5 Å². The van der Waals surface area contributed by atoms with Gasteiger partial charge in [-0.2, -0.15) is 0 Å². The first kappa shape index (κ1) is 14.2. The Kier molecular flexibility index (Phi) is 4.35. The number of aromatic nitrogens is 1. The van der Waals surface area contributed by atoms with Gasteiger partial charge in [0.1, 0.15) is 0 Å². The van der Waals surface area contributed by atoms with Crippen LogP contribution in [0.5, 0.6) is 0 Å². The first-order valence-electron chi connectivity index (χ1n) is 5.60. The Balaban J connectivity index is 2.93. The molecular weight excluding hydrogens is 240 g/mol. The van der Waals surface area contributed by atoms with Gasteiger partial charge in [0.15, 0.2) is 0 Å². The Hall–Kier alpha value is -0.850. The molecule has 1 aromatic rings. The fourth-order valence-corrected chi connectivity index (χ4v) is 3.12. The topological polar surface area (TPSA) is 71.3 Å². The summed E-state index contributed by atoms with van der Waals surface area (Å²) in [5.74, 6) is 0. The van der Waals surface area contributed by atoms with Crippen molar-refractivity contribution in [2.75, 3.05) is 6.61 Å². The van der Waals surface area contributed by atoms with E-state index in [2.05, 4.69) is 4.72 Å². The number of hydrogen-bond donors (Lipinski definition) is 2. The zero-order valence-electron chi connectivity index (χ0n) is 10.5. The maximum absolute atomic E-state index is 12.1. The van der Waals surface area contributed by atoms with Crippen molar-refractivity contribution < 1.29 is 13.5 Å². The van der Waals surface area contributed by atoms with Gasteiger partial charge in [-0.05, 0) is 25.8 Å². The predicted molar refractivity (Wildman–Crippen MR) is 66.1 cm³/mol. The Morgan fingerprint density at radius 2 is 2.18 bits per heavy atom. The second-order valence-corrected chi connectivity index (χ2v) is 6.19. The molecule has 98 valence electrons. The lowest BCUT2D eigenvalue weighted by molar-refractivity contribution is 0.233. The number of nitrogens with zero attached hydrogens (tertiary/aromatic N) is 1. The van der Waals surface area contributed by atoms with E-state index < -0.39 is 15.6 Å². The molecule has 2 N–H and O–H groups in total. The number of aryl methyl sites for hydroxylation is 1. The highest BCUT2D eigenvalue weighted by atomic mass is 32.2. The van der Waals surface area contributed by atoms with Gasteiger partial charge in [-0.15, -0.1) is 0 Å². The first-order chi connectivity index (χ1) is 7.83. The van der Waals surface area contributed by atoms with Gasteiger partial charge in [0.25, 0.3) is 0 Å². The average Bonchev–Trinajstić information content (AvgIpc) is 2.65. The average molecular weight is 260 g/mol. The van der Waals surface area contributed by atoms with Crippen LogP contribution in [0.1, 0.15) is 26.7 Å². The van der Waals surface area contributed by atoms with Crippen molar-refractivity contribution in [3.8, 4) is 0 Å². The lowest BCUT2D eigenvalue weighted by Crippen LogP contribution is -2.45. The van der Waals surface area contributed by atoms with Crippen molar-refractivity contribution in [1.82, 2.24) is 9.29 Å². The summed E-state index contributed by atoms with van der Waals surface area (Å²) < 4.78 is 28.5. The highest BCUT2D eigenvalue weighted by Crippen LogP contribution is 2.19. The SMILES string of the molecule is CCC(C)(CCO)NS(=O)(=O)c1ccn(C)c1. The van der Waals surface area contributed by atoms with Crippen LogP contribution in [0, 0.1) is 0 Å². The standard InChI is InChI=1S/C11H20N2O3S/c1-4-11(2,6-8-14)12-17(15,16)10-5-7-13(3)9-10/h5,7,9,12,14H,4,6,8H2,1-3H3. The Bertz CT molecular complexity index is 467. The number of hydrogen-bond acceptors (Lipinski definition) is 3. The van der Waals surface area contributed by atoms with Gasteiger partial charge in [0.05, 0.1) is 4.90 Å². The van der Waals surface area contributed by atoms with E-state index in [4.69, 9.17) is 5.11 Å². The van der Waals surface area contributed by atoms with E-state index in [1.165, 1.54) is 0 Å². The summed E-state index contributed by atoms with van der Waals surface area (Å²) in [6.07, 6.45) is 4.26. The van der Waals surface area contributed by atoms with E-state index in [-0.39, 0.29) is 11.5 Å². The molecule has 0 spiro atoms. The monoisotopic (exact) mass is 260 g/mol. The molecule has 0 bridgehead atoms. The van der Waals surface area contributed by atoms with E-state index in [9.17, 15) is 8.42 Å². The van der Waals surface area contributed by atoms with Crippen LogP contribution in [0.4, 0.5) is 0 Å². The van der Waals surface area contributed by atoms with Crippen LogP contribution in [-0.2, 0) is 17.1 Å². The Labute approximate surface area is 103 Å². The molecule has 17 heavy (non-hydrogen) atoms. The van der Waals surface area contributed by atoms with Crippen molar-refractivity contribution in [1.29, 1.82) is 0 Å². The van der Waals surface area contributed by atoms with Crippen molar-refractivity contribution in [3.63, 3.8) is 0 Å². The summed E-state index contributed by atoms with van der Waals surface area (Å²) in [7, 11) is -1.74. The van der Waals surface area contributed by atoms with E-state index >= 15 is 0 Å². The van der Waals surface area contributed by atoms with Crippen LogP contribution < -0.4 is 4.72 Å². The number of aliphatic hydroxyl groups excluding tert-OH is 1. The summed E-state index contributed by atoms with van der Waals surface area (Å²) >= 11 is 0. The van der Waals surface area contributed by atoms with Crippen molar-refractivity contribution >= 4 is 10.0 Å². The summed E-state index contributed by atoms with van der Waals surface area (Å²) in [5.41, 5.74) is -0.608. The van der Waals surface area contributed by atoms with Crippen LogP contribution in [0.25, 0.3) is 0 Å². The highest BCUT2D eigenvalue weighted by Gasteiger charge is 2.28.